The molecule has 0 bridgehead atoms. The topological polar surface area (TPSA) is 39.4 Å². The second kappa shape index (κ2) is 5.93. The van der Waals surface area contributed by atoms with E-state index < -0.39 is 0 Å². The highest BCUT2D eigenvalue weighted by Crippen LogP contribution is 2.24. The van der Waals surface area contributed by atoms with Gasteiger partial charge in [-0.05, 0) is 47.9 Å². The molecule has 106 valence electrons. The monoisotopic (exact) mass is 297 g/mol. The lowest BCUT2D eigenvalue weighted by Crippen LogP contribution is -1.96. The Labute approximate surface area is 127 Å². The minimum atomic E-state index is 0.754. The predicted molar refractivity (Wildman–Crippen MR) is 84.9 cm³/mol. The average molecular weight is 297 g/mol. The summed E-state index contributed by atoms with van der Waals surface area (Å²) in [5, 5.41) is 0. The van der Waals surface area contributed by atoms with E-state index in [1.807, 2.05) is 42.5 Å². The summed E-state index contributed by atoms with van der Waals surface area (Å²) in [6, 6.07) is 18.0. The predicted octanol–water partition coefficient (Wildman–Crippen LogP) is 3.14. The first-order valence-electron chi connectivity index (χ1n) is 6.55. The summed E-state index contributed by atoms with van der Waals surface area (Å²) >= 11 is 1.53. The van der Waals surface area contributed by atoms with E-state index >= 15 is 0 Å². The van der Waals surface area contributed by atoms with E-state index in [1.165, 1.54) is 11.5 Å². The Kier molecular flexibility index (Phi) is 3.83. The molecule has 5 heteroatoms. The van der Waals surface area contributed by atoms with E-state index in [0.29, 0.717) is 0 Å². The Bertz CT molecular complexity index is 788. The van der Waals surface area contributed by atoms with Crippen LogP contribution in [0.3, 0.4) is 0 Å². The normalized spacial score (nSPS) is 11.6. The minimum Gasteiger partial charge on any atom is -0.497 e. The quantitative estimate of drug-likeness (QED) is 0.745. The zero-order chi connectivity index (χ0) is 14.7. The summed E-state index contributed by atoms with van der Waals surface area (Å²) in [6.07, 6.45) is 0. The summed E-state index contributed by atoms with van der Waals surface area (Å²) in [5.74, 6) is 1.72. The zero-order valence-electron chi connectivity index (χ0n) is 11.9. The third-order valence-electron chi connectivity index (χ3n) is 3.10. The largest absolute Gasteiger partial charge is 0.497 e. The molecule has 21 heavy (non-hydrogen) atoms. The second-order valence-electron chi connectivity index (χ2n) is 4.39. The van der Waals surface area contributed by atoms with Gasteiger partial charge in [0.2, 0.25) is 4.80 Å². The lowest BCUT2D eigenvalue weighted by atomic mass is 10.2. The van der Waals surface area contributed by atoms with Gasteiger partial charge in [-0.15, -0.1) is 0 Å². The van der Waals surface area contributed by atoms with Crippen molar-refractivity contribution in [3.8, 4) is 22.8 Å². The molecule has 0 aliphatic heterocycles. The van der Waals surface area contributed by atoms with Gasteiger partial charge in [0, 0.05) is 12.6 Å². The van der Waals surface area contributed by atoms with Crippen molar-refractivity contribution in [2.24, 2.45) is 4.99 Å². The van der Waals surface area contributed by atoms with Crippen molar-refractivity contribution < 1.29 is 4.74 Å². The number of para-hydroxylation sites is 1. The molecule has 0 aliphatic carbocycles. The fourth-order valence-electron chi connectivity index (χ4n) is 2.03. The Hall–Kier alpha value is -2.40. The van der Waals surface area contributed by atoms with Crippen LogP contribution in [-0.4, -0.2) is 23.1 Å². The fraction of sp³-hybridized carbons (Fsp3) is 0.125. The van der Waals surface area contributed by atoms with Gasteiger partial charge in [0.15, 0.2) is 5.82 Å². The SMILES string of the molecule is CN=c1nc(-c2ccc(OC)cc2)n(-c2ccccc2)s1. The number of nitrogens with zero attached hydrogens (tertiary/aromatic N) is 3. The molecular weight excluding hydrogens is 282 g/mol. The first-order chi connectivity index (χ1) is 10.3. The Balaban J connectivity index is 2.15. The van der Waals surface area contributed by atoms with Crippen LogP contribution in [0.1, 0.15) is 0 Å². The molecule has 3 aromatic rings. The van der Waals surface area contributed by atoms with Crippen molar-refractivity contribution in [3.05, 3.63) is 59.4 Å². The number of hydrogen-bond donors (Lipinski definition) is 0. The van der Waals surface area contributed by atoms with Gasteiger partial charge in [0.25, 0.3) is 0 Å². The molecule has 0 amide bonds. The summed E-state index contributed by atoms with van der Waals surface area (Å²) in [7, 11) is 3.42. The smallest absolute Gasteiger partial charge is 0.222 e. The van der Waals surface area contributed by atoms with Crippen LogP contribution in [0, 0.1) is 0 Å². The zero-order valence-corrected chi connectivity index (χ0v) is 12.7. The number of rotatable bonds is 3. The van der Waals surface area contributed by atoms with E-state index in [0.717, 1.165) is 27.6 Å². The standard InChI is InChI=1S/C16H15N3OS/c1-17-16-18-15(12-8-10-14(20-2)11-9-12)19(21-16)13-6-4-3-5-7-13/h3-11H,1-2H3. The number of benzene rings is 2. The van der Waals surface area contributed by atoms with Crippen molar-refractivity contribution in [1.29, 1.82) is 0 Å². The van der Waals surface area contributed by atoms with E-state index in [4.69, 9.17) is 4.74 Å². The van der Waals surface area contributed by atoms with Crippen LogP contribution in [0.5, 0.6) is 5.75 Å². The molecule has 1 heterocycles. The van der Waals surface area contributed by atoms with E-state index in [1.54, 1.807) is 14.2 Å². The second-order valence-corrected chi connectivity index (χ2v) is 5.30. The first kappa shape index (κ1) is 13.6. The van der Waals surface area contributed by atoms with Crippen molar-refractivity contribution in [2.75, 3.05) is 14.2 Å². The lowest BCUT2D eigenvalue weighted by molar-refractivity contribution is 0.415. The molecule has 0 atom stereocenters. The summed E-state index contributed by atoms with van der Waals surface area (Å²) in [6.45, 7) is 0. The maximum Gasteiger partial charge on any atom is 0.222 e. The average Bonchev–Trinajstić information content (AvgIpc) is 3.00. The van der Waals surface area contributed by atoms with Gasteiger partial charge in [-0.3, -0.25) is 4.99 Å². The number of hydrogen-bond acceptors (Lipinski definition) is 4. The molecule has 0 N–H and O–H groups in total. The lowest BCUT2D eigenvalue weighted by Gasteiger charge is -2.06. The van der Waals surface area contributed by atoms with E-state index in [2.05, 4.69) is 26.1 Å². The molecule has 4 nitrogen and oxygen atoms in total. The minimum absolute atomic E-state index is 0.754. The Morgan fingerprint density at radius 2 is 1.76 bits per heavy atom. The van der Waals surface area contributed by atoms with Crippen molar-refractivity contribution in [1.82, 2.24) is 8.94 Å². The first-order valence-corrected chi connectivity index (χ1v) is 7.32. The van der Waals surface area contributed by atoms with Crippen LogP contribution in [0.2, 0.25) is 0 Å². The van der Waals surface area contributed by atoms with Crippen LogP contribution < -0.4 is 9.54 Å². The van der Waals surface area contributed by atoms with Crippen molar-refractivity contribution in [3.63, 3.8) is 0 Å². The molecule has 0 radical (unpaired) electrons. The van der Waals surface area contributed by atoms with Crippen LogP contribution in [0.4, 0.5) is 0 Å². The molecule has 0 unspecified atom stereocenters. The van der Waals surface area contributed by atoms with Crippen molar-refractivity contribution >= 4 is 11.5 Å². The molecule has 0 spiro atoms. The maximum absolute atomic E-state index is 5.20. The van der Waals surface area contributed by atoms with E-state index in [-0.39, 0.29) is 0 Å². The van der Waals surface area contributed by atoms with Gasteiger partial charge in [0.05, 0.1) is 12.8 Å². The highest BCUT2D eigenvalue weighted by Gasteiger charge is 2.10. The van der Waals surface area contributed by atoms with Crippen LogP contribution in [0.25, 0.3) is 17.1 Å². The third kappa shape index (κ3) is 2.73. The molecule has 0 saturated heterocycles. The van der Waals surface area contributed by atoms with E-state index in [9.17, 15) is 0 Å². The fourth-order valence-corrected chi connectivity index (χ4v) is 2.86. The summed E-state index contributed by atoms with van der Waals surface area (Å²) in [4.78, 5) is 9.56. The highest BCUT2D eigenvalue weighted by molar-refractivity contribution is 7.04. The molecule has 1 aromatic heterocycles. The maximum atomic E-state index is 5.20. The molecular formula is C16H15N3OS. The molecule has 0 fully saturated rings. The molecule has 0 aliphatic rings. The third-order valence-corrected chi connectivity index (χ3v) is 4.10. The number of ether oxygens (including phenoxy) is 1. The van der Waals surface area contributed by atoms with Gasteiger partial charge in [-0.25, -0.2) is 3.96 Å². The van der Waals surface area contributed by atoms with Gasteiger partial charge in [0.1, 0.15) is 5.75 Å². The highest BCUT2D eigenvalue weighted by atomic mass is 32.1. The molecule has 3 rings (SSSR count). The molecule has 2 aromatic carbocycles. The van der Waals surface area contributed by atoms with Crippen LogP contribution in [0.15, 0.2) is 59.6 Å². The Morgan fingerprint density at radius 1 is 1.05 bits per heavy atom. The summed E-state index contributed by atoms with van der Waals surface area (Å²) in [5.41, 5.74) is 2.11. The summed E-state index contributed by atoms with van der Waals surface area (Å²) < 4.78 is 7.29. The van der Waals surface area contributed by atoms with Crippen molar-refractivity contribution in [2.45, 2.75) is 0 Å². The van der Waals surface area contributed by atoms with Gasteiger partial charge in [-0.1, -0.05) is 18.2 Å². The number of methoxy groups -OCH3 is 1. The van der Waals surface area contributed by atoms with Crippen LogP contribution >= 0.6 is 11.5 Å². The molecule has 0 saturated carbocycles. The number of aromatic nitrogens is 2. The van der Waals surface area contributed by atoms with Gasteiger partial charge >= 0.3 is 0 Å². The van der Waals surface area contributed by atoms with Gasteiger partial charge < -0.3 is 4.74 Å². The van der Waals surface area contributed by atoms with Gasteiger partial charge in [-0.2, -0.15) is 4.98 Å². The van der Waals surface area contributed by atoms with Crippen LogP contribution in [-0.2, 0) is 0 Å². The Morgan fingerprint density at radius 3 is 2.38 bits per heavy atom.